The van der Waals surface area contributed by atoms with E-state index in [1.165, 1.54) is 4.90 Å². The molecule has 8 nitrogen and oxygen atoms in total. The summed E-state index contributed by atoms with van der Waals surface area (Å²) >= 11 is 0. The molecule has 0 bridgehead atoms. The first-order chi connectivity index (χ1) is 11.2. The van der Waals surface area contributed by atoms with Crippen molar-refractivity contribution in [2.24, 2.45) is 5.92 Å². The van der Waals surface area contributed by atoms with E-state index >= 15 is 0 Å². The van der Waals surface area contributed by atoms with E-state index in [9.17, 15) is 9.59 Å². The number of alkyl carbamates (subject to hydrolysis) is 1. The van der Waals surface area contributed by atoms with Crippen molar-refractivity contribution < 1.29 is 19.1 Å². The number of carbonyl (C=O) groups is 2. The zero-order valence-corrected chi connectivity index (χ0v) is 15.0. The van der Waals surface area contributed by atoms with Crippen LogP contribution in [-0.4, -0.2) is 59.6 Å². The quantitative estimate of drug-likeness (QED) is 0.873. The Morgan fingerprint density at radius 3 is 2.58 bits per heavy atom. The number of aromatic nitrogens is 2. The van der Waals surface area contributed by atoms with Crippen molar-refractivity contribution in [2.45, 2.75) is 39.5 Å². The van der Waals surface area contributed by atoms with E-state index in [0.717, 1.165) is 0 Å². The van der Waals surface area contributed by atoms with Gasteiger partial charge in [-0.05, 0) is 26.8 Å². The molecule has 0 aliphatic carbocycles. The van der Waals surface area contributed by atoms with Crippen LogP contribution in [0.2, 0.25) is 0 Å². The summed E-state index contributed by atoms with van der Waals surface area (Å²) in [4.78, 5) is 25.6. The van der Waals surface area contributed by atoms with Crippen LogP contribution in [0.1, 0.15) is 37.0 Å². The number of nitrogens with one attached hydrogen (secondary N) is 1. The van der Waals surface area contributed by atoms with Crippen molar-refractivity contribution in [3.8, 4) is 0 Å². The number of rotatable bonds is 5. The van der Waals surface area contributed by atoms with E-state index < -0.39 is 11.7 Å². The van der Waals surface area contributed by atoms with E-state index in [0.29, 0.717) is 37.1 Å². The van der Waals surface area contributed by atoms with Crippen LogP contribution in [0.25, 0.3) is 0 Å². The Morgan fingerprint density at radius 1 is 1.42 bits per heavy atom. The maximum Gasteiger partial charge on any atom is 0.407 e. The van der Waals surface area contributed by atoms with Gasteiger partial charge in [0.2, 0.25) is 0 Å². The minimum atomic E-state index is -0.556. The molecule has 1 saturated heterocycles. The molecule has 2 rings (SSSR count). The average molecular weight is 338 g/mol. The van der Waals surface area contributed by atoms with Crippen molar-refractivity contribution in [3.63, 3.8) is 0 Å². The Morgan fingerprint density at radius 2 is 2.08 bits per heavy atom. The Bertz CT molecular complexity index is 600. The minimum Gasteiger partial charge on any atom is -0.444 e. The SMILES string of the molecule is CN(C)C(=O)c1cc(CNC(=O)OC(C)(C)C)nn1CC1COC1. The van der Waals surface area contributed by atoms with Crippen LogP contribution in [0.4, 0.5) is 4.79 Å². The fourth-order valence-corrected chi connectivity index (χ4v) is 2.21. The van der Waals surface area contributed by atoms with Gasteiger partial charge in [-0.3, -0.25) is 9.48 Å². The highest BCUT2D eigenvalue weighted by molar-refractivity contribution is 5.92. The second kappa shape index (κ2) is 7.21. The molecule has 1 fully saturated rings. The molecular weight excluding hydrogens is 312 g/mol. The number of hydrogen-bond acceptors (Lipinski definition) is 5. The first-order valence-electron chi connectivity index (χ1n) is 7.98. The van der Waals surface area contributed by atoms with Gasteiger partial charge in [0.25, 0.3) is 5.91 Å². The molecule has 1 aliphatic heterocycles. The zero-order chi connectivity index (χ0) is 17.9. The molecule has 0 atom stereocenters. The Kier molecular flexibility index (Phi) is 5.48. The van der Waals surface area contributed by atoms with Crippen molar-refractivity contribution in [2.75, 3.05) is 27.3 Å². The summed E-state index contributed by atoms with van der Waals surface area (Å²) in [7, 11) is 3.40. The Labute approximate surface area is 142 Å². The molecule has 134 valence electrons. The number of carbonyl (C=O) groups excluding carboxylic acids is 2. The predicted molar refractivity (Wildman–Crippen MR) is 87.6 cm³/mol. The van der Waals surface area contributed by atoms with E-state index in [1.54, 1.807) is 45.6 Å². The van der Waals surface area contributed by atoms with Crippen LogP contribution >= 0.6 is 0 Å². The smallest absolute Gasteiger partial charge is 0.407 e. The molecule has 1 aromatic heterocycles. The van der Waals surface area contributed by atoms with Gasteiger partial charge in [-0.2, -0.15) is 5.10 Å². The van der Waals surface area contributed by atoms with E-state index in [4.69, 9.17) is 9.47 Å². The van der Waals surface area contributed by atoms with Gasteiger partial charge < -0.3 is 19.7 Å². The summed E-state index contributed by atoms with van der Waals surface area (Å²) in [5.74, 6) is 0.247. The third-order valence-electron chi connectivity index (χ3n) is 3.41. The van der Waals surface area contributed by atoms with Crippen LogP contribution in [0.15, 0.2) is 6.07 Å². The van der Waals surface area contributed by atoms with Crippen molar-refractivity contribution >= 4 is 12.0 Å². The van der Waals surface area contributed by atoms with Crippen molar-refractivity contribution in [1.29, 1.82) is 0 Å². The highest BCUT2D eigenvalue weighted by Crippen LogP contribution is 2.16. The maximum atomic E-state index is 12.3. The van der Waals surface area contributed by atoms with Crippen LogP contribution < -0.4 is 5.32 Å². The lowest BCUT2D eigenvalue weighted by Gasteiger charge is -2.26. The van der Waals surface area contributed by atoms with Crippen molar-refractivity contribution in [1.82, 2.24) is 20.0 Å². The normalized spacial score (nSPS) is 14.9. The fraction of sp³-hybridized carbons (Fsp3) is 0.688. The van der Waals surface area contributed by atoms with E-state index in [-0.39, 0.29) is 12.5 Å². The lowest BCUT2D eigenvalue weighted by Crippen LogP contribution is -2.34. The monoisotopic (exact) mass is 338 g/mol. The van der Waals surface area contributed by atoms with E-state index in [1.807, 2.05) is 0 Å². The average Bonchev–Trinajstić information content (AvgIpc) is 2.80. The van der Waals surface area contributed by atoms with Gasteiger partial charge in [-0.25, -0.2) is 4.79 Å². The van der Waals surface area contributed by atoms with Gasteiger partial charge in [0, 0.05) is 26.6 Å². The lowest BCUT2D eigenvalue weighted by atomic mass is 10.1. The summed E-state index contributed by atoms with van der Waals surface area (Å²) in [6.45, 7) is 7.60. The van der Waals surface area contributed by atoms with Gasteiger partial charge in [-0.15, -0.1) is 0 Å². The topological polar surface area (TPSA) is 85.7 Å². The number of nitrogens with zero attached hydrogens (tertiary/aromatic N) is 3. The molecule has 1 aliphatic rings. The van der Waals surface area contributed by atoms with E-state index in [2.05, 4.69) is 10.4 Å². The summed E-state index contributed by atoms with van der Waals surface area (Å²) < 4.78 is 12.1. The highest BCUT2D eigenvalue weighted by atomic mass is 16.6. The summed E-state index contributed by atoms with van der Waals surface area (Å²) in [6.07, 6.45) is -0.509. The van der Waals surface area contributed by atoms with Gasteiger partial charge >= 0.3 is 6.09 Å². The Balaban J connectivity index is 2.05. The van der Waals surface area contributed by atoms with Gasteiger partial charge in [0.1, 0.15) is 11.3 Å². The van der Waals surface area contributed by atoms with Gasteiger partial charge in [0.15, 0.2) is 0 Å². The van der Waals surface area contributed by atoms with Crippen LogP contribution in [-0.2, 0) is 22.6 Å². The Hall–Kier alpha value is -2.09. The second-order valence-electron chi connectivity index (χ2n) is 7.16. The zero-order valence-electron chi connectivity index (χ0n) is 15.0. The second-order valence-corrected chi connectivity index (χ2v) is 7.16. The third-order valence-corrected chi connectivity index (χ3v) is 3.41. The molecule has 24 heavy (non-hydrogen) atoms. The van der Waals surface area contributed by atoms with Crippen LogP contribution in [0.5, 0.6) is 0 Å². The van der Waals surface area contributed by atoms with Gasteiger partial charge in [-0.1, -0.05) is 0 Å². The summed E-state index contributed by atoms with van der Waals surface area (Å²) in [6, 6.07) is 1.71. The largest absolute Gasteiger partial charge is 0.444 e. The fourth-order valence-electron chi connectivity index (χ4n) is 2.21. The van der Waals surface area contributed by atoms with Gasteiger partial charge in [0.05, 0.1) is 25.5 Å². The molecule has 0 aromatic carbocycles. The van der Waals surface area contributed by atoms with Crippen molar-refractivity contribution in [3.05, 3.63) is 17.5 Å². The van der Waals surface area contributed by atoms with Crippen LogP contribution in [0, 0.1) is 5.92 Å². The van der Waals surface area contributed by atoms with Crippen LogP contribution in [0.3, 0.4) is 0 Å². The number of hydrogen-bond donors (Lipinski definition) is 1. The maximum absolute atomic E-state index is 12.3. The predicted octanol–water partition coefficient (Wildman–Crippen LogP) is 1.26. The number of ether oxygens (including phenoxy) is 2. The molecule has 0 spiro atoms. The lowest BCUT2D eigenvalue weighted by molar-refractivity contribution is -0.0411. The minimum absolute atomic E-state index is 0.119. The molecule has 0 saturated carbocycles. The molecule has 1 N–H and O–H groups in total. The molecule has 2 amide bonds. The molecule has 8 heteroatoms. The third kappa shape index (κ3) is 4.95. The summed E-state index contributed by atoms with van der Waals surface area (Å²) in [5, 5.41) is 7.11. The molecule has 2 heterocycles. The molecule has 1 aromatic rings. The first-order valence-corrected chi connectivity index (χ1v) is 7.98. The first kappa shape index (κ1) is 18.3. The standard InChI is InChI=1S/C16H26N4O4/c1-16(2,3)24-15(22)17-7-12-6-13(14(21)19(4)5)20(18-12)8-11-9-23-10-11/h6,11H,7-10H2,1-5H3,(H,17,22). The molecular formula is C16H26N4O4. The summed E-state index contributed by atoms with van der Waals surface area (Å²) in [5.41, 5.74) is 0.568. The molecule has 0 unspecified atom stereocenters. The number of amides is 2. The molecule has 0 radical (unpaired) electrons. The highest BCUT2D eigenvalue weighted by Gasteiger charge is 2.24.